The van der Waals surface area contributed by atoms with Crippen LogP contribution in [0.5, 0.6) is 0 Å². The molecule has 0 aliphatic rings. The predicted molar refractivity (Wildman–Crippen MR) is 55.4 cm³/mol. The van der Waals surface area contributed by atoms with Crippen LogP contribution in [0, 0.1) is 23.8 Å². The number of fused-ring (bicyclic) bond motifs is 1. The van der Waals surface area contributed by atoms with E-state index in [9.17, 15) is 18.8 Å². The molecule has 0 aliphatic carbocycles. The van der Waals surface area contributed by atoms with Gasteiger partial charge < -0.3 is 5.21 Å². The van der Waals surface area contributed by atoms with Gasteiger partial charge in [-0.2, -0.15) is 4.73 Å². The van der Waals surface area contributed by atoms with Crippen molar-refractivity contribution in [2.75, 3.05) is 0 Å². The Morgan fingerprint density at radius 2 is 2.06 bits per heavy atom. The summed E-state index contributed by atoms with van der Waals surface area (Å²) < 4.78 is 26.6. The molecule has 17 heavy (non-hydrogen) atoms. The third kappa shape index (κ3) is 1.71. The van der Waals surface area contributed by atoms with Gasteiger partial charge in [0.1, 0.15) is 11.5 Å². The maximum Gasteiger partial charge on any atom is 0.281 e. The van der Waals surface area contributed by atoms with E-state index in [0.717, 1.165) is 6.07 Å². The topological polar surface area (TPSA) is 56.9 Å². The van der Waals surface area contributed by atoms with Crippen LogP contribution in [0.3, 0.4) is 0 Å². The lowest BCUT2D eigenvalue weighted by molar-refractivity contribution is -0.580. The molecule has 0 amide bonds. The molecular weight excluding hydrogens is 230 g/mol. The first kappa shape index (κ1) is 11.4. The standard InChI is InChI=1S/C11H8F2N2O2/c1-5-11(6(2)16)15(17)9-4-7(12)3-8(13)10(9)14-5/h3-4H,1-2H3. The average molecular weight is 238 g/mol. The van der Waals surface area contributed by atoms with Gasteiger partial charge in [0.2, 0.25) is 11.3 Å². The summed E-state index contributed by atoms with van der Waals surface area (Å²) in [6, 6.07) is 1.49. The monoisotopic (exact) mass is 238 g/mol. The highest BCUT2D eigenvalue weighted by molar-refractivity contribution is 5.92. The fourth-order valence-electron chi connectivity index (χ4n) is 1.70. The normalized spacial score (nSPS) is 10.8. The van der Waals surface area contributed by atoms with Gasteiger partial charge in [0.15, 0.2) is 11.3 Å². The van der Waals surface area contributed by atoms with E-state index in [4.69, 9.17) is 0 Å². The van der Waals surface area contributed by atoms with Crippen LogP contribution in [0.15, 0.2) is 12.1 Å². The Balaban J connectivity index is 2.97. The van der Waals surface area contributed by atoms with Gasteiger partial charge in [-0.3, -0.25) is 4.79 Å². The molecule has 2 aromatic rings. The number of aryl methyl sites for hydroxylation is 1. The number of rotatable bonds is 1. The van der Waals surface area contributed by atoms with Crippen LogP contribution in [0.25, 0.3) is 11.0 Å². The minimum absolute atomic E-state index is 0.116. The van der Waals surface area contributed by atoms with E-state index in [2.05, 4.69) is 4.98 Å². The number of benzene rings is 1. The van der Waals surface area contributed by atoms with Crippen molar-refractivity contribution >= 4 is 16.8 Å². The van der Waals surface area contributed by atoms with Crippen molar-refractivity contribution in [3.63, 3.8) is 0 Å². The Morgan fingerprint density at radius 1 is 1.41 bits per heavy atom. The van der Waals surface area contributed by atoms with E-state index in [1.54, 1.807) is 0 Å². The minimum Gasteiger partial charge on any atom is -0.618 e. The molecule has 0 fully saturated rings. The molecule has 0 saturated heterocycles. The second kappa shape index (κ2) is 3.73. The molecule has 0 N–H and O–H groups in total. The SMILES string of the molecule is CC(=O)c1c(C)nc2c(F)cc(F)cc2[n+]1[O-]. The maximum absolute atomic E-state index is 13.4. The predicted octanol–water partition coefficient (Wildman–Crippen LogP) is 1.66. The molecule has 0 atom stereocenters. The molecule has 1 aromatic carbocycles. The van der Waals surface area contributed by atoms with Crippen LogP contribution in [0.1, 0.15) is 23.1 Å². The van der Waals surface area contributed by atoms with E-state index in [0.29, 0.717) is 6.07 Å². The van der Waals surface area contributed by atoms with Crippen LogP contribution in [0.2, 0.25) is 0 Å². The molecule has 1 aromatic heterocycles. The van der Waals surface area contributed by atoms with Gasteiger partial charge in [0.25, 0.3) is 5.69 Å². The van der Waals surface area contributed by atoms with Gasteiger partial charge in [-0.25, -0.2) is 13.8 Å². The van der Waals surface area contributed by atoms with Crippen molar-refractivity contribution in [2.24, 2.45) is 0 Å². The van der Waals surface area contributed by atoms with Gasteiger partial charge in [-0.05, 0) is 6.92 Å². The van der Waals surface area contributed by atoms with Gasteiger partial charge in [0.05, 0.1) is 0 Å². The van der Waals surface area contributed by atoms with Crippen LogP contribution in [0.4, 0.5) is 8.78 Å². The Labute approximate surface area is 95.1 Å². The molecule has 2 rings (SSSR count). The number of hydrogen-bond acceptors (Lipinski definition) is 3. The number of nitrogens with zero attached hydrogens (tertiary/aromatic N) is 2. The van der Waals surface area contributed by atoms with Gasteiger partial charge in [-0.1, -0.05) is 0 Å². The lowest BCUT2D eigenvalue weighted by atomic mass is 10.2. The van der Waals surface area contributed by atoms with Crippen molar-refractivity contribution < 1.29 is 18.3 Å². The van der Waals surface area contributed by atoms with Crippen molar-refractivity contribution in [3.05, 3.63) is 40.4 Å². The number of carbonyl (C=O) groups is 1. The molecule has 1 heterocycles. The first-order valence-electron chi connectivity index (χ1n) is 4.81. The molecule has 0 saturated carbocycles. The fourth-order valence-corrected chi connectivity index (χ4v) is 1.70. The zero-order valence-corrected chi connectivity index (χ0v) is 9.12. The zero-order chi connectivity index (χ0) is 12.7. The van der Waals surface area contributed by atoms with Gasteiger partial charge in [0, 0.05) is 19.1 Å². The number of carbonyl (C=O) groups excluding carboxylic acids is 1. The highest BCUT2D eigenvalue weighted by Crippen LogP contribution is 2.16. The molecular formula is C11H8F2N2O2. The summed E-state index contributed by atoms with van der Waals surface area (Å²) in [5.74, 6) is -2.32. The van der Waals surface area contributed by atoms with E-state index in [1.807, 2.05) is 0 Å². The van der Waals surface area contributed by atoms with Gasteiger partial charge in [-0.15, -0.1) is 0 Å². The van der Waals surface area contributed by atoms with E-state index in [-0.39, 0.29) is 27.2 Å². The lowest BCUT2D eigenvalue weighted by Gasteiger charge is -2.07. The Morgan fingerprint density at radius 3 is 2.65 bits per heavy atom. The molecule has 6 heteroatoms. The average Bonchev–Trinajstić information content (AvgIpc) is 2.19. The summed E-state index contributed by atoms with van der Waals surface area (Å²) in [5, 5.41) is 11.8. The largest absolute Gasteiger partial charge is 0.618 e. The first-order valence-corrected chi connectivity index (χ1v) is 4.81. The summed E-state index contributed by atoms with van der Waals surface area (Å²) >= 11 is 0. The lowest BCUT2D eigenvalue weighted by Crippen LogP contribution is -2.37. The molecule has 0 unspecified atom stereocenters. The van der Waals surface area contributed by atoms with Crippen LogP contribution in [-0.4, -0.2) is 10.8 Å². The number of Topliss-reactive ketones (excluding diaryl/α,β-unsaturated/α-hetero) is 1. The summed E-state index contributed by atoms with van der Waals surface area (Å²) in [6.45, 7) is 2.62. The zero-order valence-electron chi connectivity index (χ0n) is 9.12. The number of aromatic nitrogens is 2. The van der Waals surface area contributed by atoms with Crippen molar-refractivity contribution in [2.45, 2.75) is 13.8 Å². The van der Waals surface area contributed by atoms with Crippen molar-refractivity contribution in [1.82, 2.24) is 4.98 Å². The van der Waals surface area contributed by atoms with Crippen LogP contribution >= 0.6 is 0 Å². The second-order valence-electron chi connectivity index (χ2n) is 3.65. The molecule has 0 spiro atoms. The summed E-state index contributed by atoms with van der Waals surface area (Å²) in [4.78, 5) is 15.1. The van der Waals surface area contributed by atoms with Crippen molar-refractivity contribution in [1.29, 1.82) is 0 Å². The fraction of sp³-hybridized carbons (Fsp3) is 0.182. The molecule has 88 valence electrons. The quantitative estimate of drug-likeness (QED) is 0.431. The third-order valence-corrected chi connectivity index (χ3v) is 2.39. The second-order valence-corrected chi connectivity index (χ2v) is 3.65. The molecule has 4 nitrogen and oxygen atoms in total. The number of hydrogen-bond donors (Lipinski definition) is 0. The number of ketones is 1. The van der Waals surface area contributed by atoms with Crippen LogP contribution < -0.4 is 4.73 Å². The first-order chi connectivity index (χ1) is 7.91. The summed E-state index contributed by atoms with van der Waals surface area (Å²) in [6.07, 6.45) is 0. The van der Waals surface area contributed by atoms with Gasteiger partial charge >= 0.3 is 0 Å². The Kier molecular flexibility index (Phi) is 2.49. The maximum atomic E-state index is 13.4. The summed E-state index contributed by atoms with van der Waals surface area (Å²) in [5.41, 5.74) is -0.629. The highest BCUT2D eigenvalue weighted by Gasteiger charge is 2.22. The number of halogens is 2. The van der Waals surface area contributed by atoms with E-state index in [1.165, 1.54) is 13.8 Å². The summed E-state index contributed by atoms with van der Waals surface area (Å²) in [7, 11) is 0. The molecule has 0 bridgehead atoms. The third-order valence-electron chi connectivity index (χ3n) is 2.39. The van der Waals surface area contributed by atoms with Crippen LogP contribution in [-0.2, 0) is 0 Å². The molecule has 0 aliphatic heterocycles. The Hall–Kier alpha value is -2.11. The van der Waals surface area contributed by atoms with E-state index >= 15 is 0 Å². The van der Waals surface area contributed by atoms with Crippen molar-refractivity contribution in [3.8, 4) is 0 Å². The molecule has 0 radical (unpaired) electrons. The highest BCUT2D eigenvalue weighted by atomic mass is 19.1. The smallest absolute Gasteiger partial charge is 0.281 e. The Bertz CT molecular complexity index is 641. The van der Waals surface area contributed by atoms with E-state index < -0.39 is 17.4 Å². The minimum atomic E-state index is -0.928.